The summed E-state index contributed by atoms with van der Waals surface area (Å²) in [7, 11) is 0. The summed E-state index contributed by atoms with van der Waals surface area (Å²) < 4.78 is 0. The maximum Gasteiger partial charge on any atom is 0.0571 e. The van der Waals surface area contributed by atoms with Gasteiger partial charge in [-0.1, -0.05) is 27.7 Å². The minimum atomic E-state index is 0.0709. The lowest BCUT2D eigenvalue weighted by Gasteiger charge is -2.15. The number of nitrogens with two attached hydrogens (primary N) is 1. The third kappa shape index (κ3) is 3.80. The van der Waals surface area contributed by atoms with Gasteiger partial charge in [-0.15, -0.1) is 11.8 Å². The van der Waals surface area contributed by atoms with Crippen molar-refractivity contribution in [3.05, 3.63) is 24.0 Å². The number of rotatable bonds is 5. The monoisotopic (exact) mass is 238 g/mol. The minimum Gasteiger partial charge on any atom is -0.323 e. The topological polar surface area (TPSA) is 38.9 Å². The molecular formula is C13H22N2S. The molecule has 0 radical (unpaired) electrons. The molecule has 0 fully saturated rings. The van der Waals surface area contributed by atoms with Crippen molar-refractivity contribution in [3.63, 3.8) is 0 Å². The first kappa shape index (κ1) is 13.5. The lowest BCUT2D eigenvalue weighted by molar-refractivity contribution is 0.642. The zero-order valence-corrected chi connectivity index (χ0v) is 11.4. The highest BCUT2D eigenvalue weighted by Gasteiger charge is 2.10. The van der Waals surface area contributed by atoms with E-state index >= 15 is 0 Å². The average Bonchev–Trinajstić information content (AvgIpc) is 2.28. The smallest absolute Gasteiger partial charge is 0.0571 e. The summed E-state index contributed by atoms with van der Waals surface area (Å²) in [5, 5.41) is 0.618. The summed E-state index contributed by atoms with van der Waals surface area (Å²) in [6.45, 7) is 8.82. The molecule has 0 aliphatic carbocycles. The van der Waals surface area contributed by atoms with E-state index in [9.17, 15) is 0 Å². The maximum atomic E-state index is 5.92. The number of hydrogen-bond acceptors (Lipinski definition) is 3. The van der Waals surface area contributed by atoms with E-state index in [2.05, 4.69) is 38.7 Å². The molecule has 0 aromatic carbocycles. The molecule has 0 spiro atoms. The van der Waals surface area contributed by atoms with Crippen LogP contribution in [-0.4, -0.2) is 10.2 Å². The number of pyridine rings is 1. The van der Waals surface area contributed by atoms with Crippen LogP contribution in [0.5, 0.6) is 0 Å². The van der Waals surface area contributed by atoms with Crippen molar-refractivity contribution >= 4 is 11.8 Å². The first-order valence-corrected chi connectivity index (χ1v) is 6.80. The highest BCUT2D eigenvalue weighted by molar-refractivity contribution is 8.00. The Morgan fingerprint density at radius 3 is 2.44 bits per heavy atom. The van der Waals surface area contributed by atoms with Crippen LogP contribution >= 0.6 is 11.8 Å². The second kappa shape index (κ2) is 6.26. The number of nitrogens with zero attached hydrogens (tertiary/aromatic N) is 1. The summed E-state index contributed by atoms with van der Waals surface area (Å²) >= 11 is 1.88. The lowest BCUT2D eigenvalue weighted by atomic mass is 10.1. The van der Waals surface area contributed by atoms with Gasteiger partial charge in [0.2, 0.25) is 0 Å². The number of aromatic nitrogens is 1. The molecule has 0 saturated heterocycles. The van der Waals surface area contributed by atoms with E-state index in [4.69, 9.17) is 5.73 Å². The molecule has 1 rings (SSSR count). The standard InChI is InChI=1S/C13H22N2S/c1-5-12(14)13-7-6-11(8-15-13)16-10(4)9(2)3/h6-10,12H,5,14H2,1-4H3/t10?,12-/m1/s1. The predicted molar refractivity (Wildman–Crippen MR) is 71.6 cm³/mol. The second-order valence-corrected chi connectivity index (χ2v) is 5.95. The van der Waals surface area contributed by atoms with Crippen LogP contribution in [0, 0.1) is 5.92 Å². The van der Waals surface area contributed by atoms with Crippen molar-refractivity contribution in [2.75, 3.05) is 0 Å². The first-order chi connectivity index (χ1) is 7.54. The van der Waals surface area contributed by atoms with Gasteiger partial charge in [-0.3, -0.25) is 4.98 Å². The Morgan fingerprint density at radius 2 is 2.00 bits per heavy atom. The minimum absolute atomic E-state index is 0.0709. The Hall–Kier alpha value is -0.540. The average molecular weight is 238 g/mol. The Bertz CT molecular complexity index is 308. The Labute approximate surface area is 103 Å². The SMILES string of the molecule is CC[C@@H](N)c1ccc(SC(C)C(C)C)cn1. The Balaban J connectivity index is 2.64. The van der Waals surface area contributed by atoms with E-state index in [0.717, 1.165) is 12.1 Å². The lowest BCUT2D eigenvalue weighted by Crippen LogP contribution is -2.10. The van der Waals surface area contributed by atoms with Crippen LogP contribution in [-0.2, 0) is 0 Å². The first-order valence-electron chi connectivity index (χ1n) is 5.92. The molecule has 1 aromatic heterocycles. The summed E-state index contributed by atoms with van der Waals surface area (Å²) in [6, 6.07) is 4.24. The Morgan fingerprint density at radius 1 is 1.31 bits per heavy atom. The van der Waals surface area contributed by atoms with E-state index in [-0.39, 0.29) is 6.04 Å². The molecule has 16 heavy (non-hydrogen) atoms. The van der Waals surface area contributed by atoms with Gasteiger partial charge in [0, 0.05) is 22.4 Å². The van der Waals surface area contributed by atoms with E-state index in [1.54, 1.807) is 0 Å². The molecular weight excluding hydrogens is 216 g/mol. The van der Waals surface area contributed by atoms with Gasteiger partial charge in [0.05, 0.1) is 5.69 Å². The van der Waals surface area contributed by atoms with Gasteiger partial charge in [-0.25, -0.2) is 0 Å². The third-order valence-electron chi connectivity index (χ3n) is 2.84. The van der Waals surface area contributed by atoms with Gasteiger partial charge in [0.1, 0.15) is 0 Å². The van der Waals surface area contributed by atoms with Crippen LogP contribution in [0.15, 0.2) is 23.2 Å². The van der Waals surface area contributed by atoms with Crippen molar-refractivity contribution in [2.24, 2.45) is 11.7 Å². The van der Waals surface area contributed by atoms with Crippen LogP contribution in [0.1, 0.15) is 45.9 Å². The van der Waals surface area contributed by atoms with Crippen molar-refractivity contribution in [3.8, 4) is 0 Å². The number of thioether (sulfide) groups is 1. The molecule has 1 heterocycles. The molecule has 2 N–H and O–H groups in total. The van der Waals surface area contributed by atoms with Gasteiger partial charge < -0.3 is 5.73 Å². The quantitative estimate of drug-likeness (QED) is 0.796. The molecule has 2 atom stereocenters. The zero-order valence-electron chi connectivity index (χ0n) is 10.6. The maximum absolute atomic E-state index is 5.92. The second-order valence-electron chi connectivity index (χ2n) is 4.50. The van der Waals surface area contributed by atoms with Crippen molar-refractivity contribution in [1.82, 2.24) is 4.98 Å². The van der Waals surface area contributed by atoms with Crippen molar-refractivity contribution in [2.45, 2.75) is 50.3 Å². The summed E-state index contributed by atoms with van der Waals surface area (Å²) in [6.07, 6.45) is 2.87. The third-order valence-corrected chi connectivity index (χ3v) is 4.27. The molecule has 90 valence electrons. The molecule has 0 aliphatic heterocycles. The van der Waals surface area contributed by atoms with Crippen LogP contribution in [0.25, 0.3) is 0 Å². The summed E-state index contributed by atoms with van der Waals surface area (Å²) in [5.41, 5.74) is 6.91. The van der Waals surface area contributed by atoms with E-state index in [0.29, 0.717) is 11.2 Å². The molecule has 3 heteroatoms. The molecule has 2 nitrogen and oxygen atoms in total. The van der Waals surface area contributed by atoms with Crippen molar-refractivity contribution in [1.29, 1.82) is 0 Å². The fraction of sp³-hybridized carbons (Fsp3) is 0.615. The van der Waals surface area contributed by atoms with Gasteiger partial charge >= 0.3 is 0 Å². The Kier molecular flexibility index (Phi) is 5.29. The molecule has 0 saturated carbocycles. The van der Waals surface area contributed by atoms with Gasteiger partial charge in [0.25, 0.3) is 0 Å². The van der Waals surface area contributed by atoms with E-state index in [1.165, 1.54) is 4.90 Å². The zero-order chi connectivity index (χ0) is 12.1. The van der Waals surface area contributed by atoms with Crippen LogP contribution in [0.2, 0.25) is 0 Å². The van der Waals surface area contributed by atoms with Crippen molar-refractivity contribution < 1.29 is 0 Å². The molecule has 0 amide bonds. The van der Waals surface area contributed by atoms with E-state index < -0.39 is 0 Å². The predicted octanol–water partition coefficient (Wildman–Crippen LogP) is 3.63. The highest BCUT2D eigenvalue weighted by atomic mass is 32.2. The molecule has 1 aromatic rings. The van der Waals surface area contributed by atoms with Gasteiger partial charge in [-0.2, -0.15) is 0 Å². The van der Waals surface area contributed by atoms with Gasteiger partial charge in [0.15, 0.2) is 0 Å². The molecule has 0 aliphatic rings. The molecule has 0 bridgehead atoms. The summed E-state index contributed by atoms with van der Waals surface area (Å²) in [4.78, 5) is 5.65. The van der Waals surface area contributed by atoms with Gasteiger partial charge in [-0.05, 0) is 24.5 Å². The fourth-order valence-corrected chi connectivity index (χ4v) is 2.20. The normalized spacial score (nSPS) is 15.1. The van der Waals surface area contributed by atoms with Crippen LogP contribution in [0.3, 0.4) is 0 Å². The van der Waals surface area contributed by atoms with Crippen LogP contribution in [0.4, 0.5) is 0 Å². The fourth-order valence-electron chi connectivity index (χ4n) is 1.24. The van der Waals surface area contributed by atoms with Crippen LogP contribution < -0.4 is 5.73 Å². The largest absolute Gasteiger partial charge is 0.323 e. The summed E-state index contributed by atoms with van der Waals surface area (Å²) in [5.74, 6) is 0.683. The number of hydrogen-bond donors (Lipinski definition) is 1. The highest BCUT2D eigenvalue weighted by Crippen LogP contribution is 2.27. The molecule has 1 unspecified atom stereocenters. The van der Waals surface area contributed by atoms with E-state index in [1.807, 2.05) is 24.0 Å².